The second-order valence-electron chi connectivity index (χ2n) is 6.18. The summed E-state index contributed by atoms with van der Waals surface area (Å²) in [5, 5.41) is 8.70. The molecule has 0 amide bonds. The van der Waals surface area contributed by atoms with E-state index in [-0.39, 0.29) is 18.3 Å². The van der Waals surface area contributed by atoms with Crippen LogP contribution in [0.15, 0.2) is 0 Å². The van der Waals surface area contributed by atoms with Crippen molar-refractivity contribution >= 4 is 5.97 Å². The summed E-state index contributed by atoms with van der Waals surface area (Å²) in [5.74, 6) is 0.433. The van der Waals surface area contributed by atoms with Gasteiger partial charge in [-0.3, -0.25) is 0 Å². The molecule has 2 rings (SSSR count). The van der Waals surface area contributed by atoms with Crippen LogP contribution < -0.4 is 0 Å². The molecule has 4 heteroatoms. The lowest BCUT2D eigenvalue weighted by molar-refractivity contribution is -0.163. The molecule has 0 radical (unpaired) electrons. The monoisotopic (exact) mass is 242 g/mol. The van der Waals surface area contributed by atoms with E-state index in [1.807, 2.05) is 6.92 Å². The molecule has 17 heavy (non-hydrogen) atoms. The van der Waals surface area contributed by atoms with Crippen LogP contribution in [0.5, 0.6) is 0 Å². The number of carboxylic acids is 1. The van der Waals surface area contributed by atoms with E-state index in [2.05, 4.69) is 13.8 Å². The van der Waals surface area contributed by atoms with Gasteiger partial charge in [0.05, 0.1) is 11.7 Å². The maximum atomic E-state index is 10.6. The number of fused-ring (bicyclic) bond motifs is 1. The van der Waals surface area contributed by atoms with Gasteiger partial charge in [-0.25, -0.2) is 4.79 Å². The van der Waals surface area contributed by atoms with Gasteiger partial charge in [-0.05, 0) is 37.0 Å². The van der Waals surface area contributed by atoms with Gasteiger partial charge < -0.3 is 14.6 Å². The first-order valence-electron chi connectivity index (χ1n) is 6.20. The summed E-state index contributed by atoms with van der Waals surface area (Å²) >= 11 is 0. The van der Waals surface area contributed by atoms with E-state index in [0.29, 0.717) is 17.3 Å². The average molecular weight is 242 g/mol. The molecule has 4 nitrogen and oxygen atoms in total. The van der Waals surface area contributed by atoms with Crippen molar-refractivity contribution in [3.63, 3.8) is 0 Å². The molecule has 0 heterocycles. The summed E-state index contributed by atoms with van der Waals surface area (Å²) in [7, 11) is 1.69. The van der Waals surface area contributed by atoms with Crippen molar-refractivity contribution in [2.75, 3.05) is 13.7 Å². The minimum absolute atomic E-state index is 0.105. The number of carbonyl (C=O) groups is 1. The average Bonchev–Trinajstić information content (AvgIpc) is 2.76. The Morgan fingerprint density at radius 3 is 2.53 bits per heavy atom. The summed E-state index contributed by atoms with van der Waals surface area (Å²) in [6, 6.07) is 0. The van der Waals surface area contributed by atoms with Crippen molar-refractivity contribution in [3.05, 3.63) is 0 Å². The molecule has 2 saturated carbocycles. The summed E-state index contributed by atoms with van der Waals surface area (Å²) in [5.41, 5.74) is 0.0194. The minimum atomic E-state index is -0.916. The van der Waals surface area contributed by atoms with E-state index in [1.165, 1.54) is 0 Å². The number of rotatable bonds is 4. The van der Waals surface area contributed by atoms with Crippen LogP contribution in [-0.4, -0.2) is 36.5 Å². The first-order valence-corrected chi connectivity index (χ1v) is 6.20. The third-order valence-electron chi connectivity index (χ3n) is 4.94. The molecule has 2 aliphatic carbocycles. The van der Waals surface area contributed by atoms with Crippen LogP contribution in [0.25, 0.3) is 0 Å². The number of hydrogen-bond donors (Lipinski definition) is 1. The molecule has 0 spiro atoms. The summed E-state index contributed by atoms with van der Waals surface area (Å²) in [6.45, 7) is 6.35. The molecule has 0 saturated heterocycles. The first-order chi connectivity index (χ1) is 7.81. The summed E-state index contributed by atoms with van der Waals surface area (Å²) in [6.07, 6.45) is 1.77. The third-order valence-corrected chi connectivity index (χ3v) is 4.94. The zero-order valence-corrected chi connectivity index (χ0v) is 11.0. The van der Waals surface area contributed by atoms with Gasteiger partial charge in [-0.15, -0.1) is 0 Å². The van der Waals surface area contributed by atoms with Crippen LogP contribution in [0.1, 0.15) is 33.6 Å². The van der Waals surface area contributed by atoms with Gasteiger partial charge in [0.15, 0.2) is 0 Å². The van der Waals surface area contributed by atoms with E-state index in [1.54, 1.807) is 7.11 Å². The van der Waals surface area contributed by atoms with Crippen LogP contribution in [0.3, 0.4) is 0 Å². The van der Waals surface area contributed by atoms with E-state index in [9.17, 15) is 4.79 Å². The highest BCUT2D eigenvalue weighted by Gasteiger charge is 2.64. The molecule has 2 aliphatic rings. The van der Waals surface area contributed by atoms with E-state index in [0.717, 1.165) is 12.8 Å². The Morgan fingerprint density at radius 2 is 2.00 bits per heavy atom. The lowest BCUT2D eigenvalue weighted by atomic mass is 9.83. The van der Waals surface area contributed by atoms with Crippen LogP contribution in [-0.2, 0) is 14.3 Å². The topological polar surface area (TPSA) is 55.8 Å². The van der Waals surface area contributed by atoms with Crippen LogP contribution >= 0.6 is 0 Å². The normalized spacial score (nSPS) is 42.9. The molecule has 98 valence electrons. The Morgan fingerprint density at radius 1 is 1.35 bits per heavy atom. The Labute approximate surface area is 102 Å². The van der Waals surface area contributed by atoms with E-state index in [4.69, 9.17) is 14.6 Å². The molecule has 0 aromatic carbocycles. The number of methoxy groups -OCH3 is 1. The number of ether oxygens (including phenoxy) is 2. The number of hydrogen-bond acceptors (Lipinski definition) is 3. The fourth-order valence-electron chi connectivity index (χ4n) is 3.41. The van der Waals surface area contributed by atoms with Crippen LogP contribution in [0.2, 0.25) is 0 Å². The molecular formula is C13H22O4. The predicted molar refractivity (Wildman–Crippen MR) is 62.8 cm³/mol. The van der Waals surface area contributed by atoms with Gasteiger partial charge in [0, 0.05) is 7.11 Å². The van der Waals surface area contributed by atoms with Gasteiger partial charge in [0.1, 0.15) is 6.61 Å². The molecular weight excluding hydrogens is 220 g/mol. The first kappa shape index (κ1) is 12.8. The summed E-state index contributed by atoms with van der Waals surface area (Å²) < 4.78 is 11.1. The molecule has 0 aromatic heterocycles. The largest absolute Gasteiger partial charge is 0.480 e. The summed E-state index contributed by atoms with van der Waals surface area (Å²) in [4.78, 5) is 10.6. The molecule has 0 aromatic rings. The van der Waals surface area contributed by atoms with Crippen molar-refractivity contribution < 1.29 is 19.4 Å². The standard InChI is InChI=1S/C13H22O4/c1-12(2)8-5-10(17-7-11(14)15)13(3,16-4)6-9(8)12/h8-10H,5-7H2,1-4H3,(H,14,15)/t8-,9+,10-,13-/m1/s1. The predicted octanol–water partition coefficient (Wildman–Crippen LogP) is 1.93. The Hall–Kier alpha value is -0.610. The second-order valence-corrected chi connectivity index (χ2v) is 6.18. The number of carboxylic acid groups (broad SMARTS) is 1. The smallest absolute Gasteiger partial charge is 0.329 e. The number of aliphatic carboxylic acids is 1. The third kappa shape index (κ3) is 2.08. The molecule has 4 atom stereocenters. The lowest BCUT2D eigenvalue weighted by Crippen LogP contribution is -2.46. The maximum Gasteiger partial charge on any atom is 0.329 e. The van der Waals surface area contributed by atoms with E-state index >= 15 is 0 Å². The second kappa shape index (κ2) is 3.95. The van der Waals surface area contributed by atoms with Gasteiger partial charge >= 0.3 is 5.97 Å². The SMILES string of the molecule is CO[C@]1(C)C[C@H]2[C@@H](C[C@H]1OCC(=O)O)C2(C)C. The molecule has 0 bridgehead atoms. The molecule has 0 aliphatic heterocycles. The van der Waals surface area contributed by atoms with Gasteiger partial charge in [0.2, 0.25) is 0 Å². The fraction of sp³-hybridized carbons (Fsp3) is 0.923. The van der Waals surface area contributed by atoms with Crippen molar-refractivity contribution in [1.29, 1.82) is 0 Å². The van der Waals surface area contributed by atoms with Crippen molar-refractivity contribution in [3.8, 4) is 0 Å². The van der Waals surface area contributed by atoms with Gasteiger partial charge in [-0.2, -0.15) is 0 Å². The van der Waals surface area contributed by atoms with Crippen LogP contribution in [0.4, 0.5) is 0 Å². The zero-order chi connectivity index (χ0) is 12.8. The molecule has 1 N–H and O–H groups in total. The van der Waals surface area contributed by atoms with Gasteiger partial charge in [-0.1, -0.05) is 13.8 Å². The van der Waals surface area contributed by atoms with E-state index < -0.39 is 5.97 Å². The van der Waals surface area contributed by atoms with Gasteiger partial charge in [0.25, 0.3) is 0 Å². The zero-order valence-electron chi connectivity index (χ0n) is 11.0. The highest BCUT2D eigenvalue weighted by molar-refractivity contribution is 5.68. The van der Waals surface area contributed by atoms with Crippen molar-refractivity contribution in [1.82, 2.24) is 0 Å². The Balaban J connectivity index is 2.05. The molecule has 0 unspecified atom stereocenters. The Bertz CT molecular complexity index is 325. The molecule has 2 fully saturated rings. The fourth-order valence-corrected chi connectivity index (χ4v) is 3.41. The highest BCUT2D eigenvalue weighted by atomic mass is 16.6. The van der Waals surface area contributed by atoms with Crippen molar-refractivity contribution in [2.45, 2.75) is 45.3 Å². The highest BCUT2D eigenvalue weighted by Crippen LogP contribution is 2.67. The quantitative estimate of drug-likeness (QED) is 0.818. The minimum Gasteiger partial charge on any atom is -0.480 e. The lowest BCUT2D eigenvalue weighted by Gasteiger charge is -2.39. The van der Waals surface area contributed by atoms with Crippen molar-refractivity contribution in [2.24, 2.45) is 17.3 Å². The Kier molecular flexibility index (Phi) is 2.99. The van der Waals surface area contributed by atoms with Crippen LogP contribution in [0, 0.1) is 17.3 Å². The maximum absolute atomic E-state index is 10.6.